The van der Waals surface area contributed by atoms with Crippen LogP contribution in [-0.2, 0) is 11.3 Å². The standard InChI is InChI=1S/C23H23FN6O/c1-2-31-14-27-21-18(15-9-10-15)12-26-22(28-21)20-17-7-5-11-25-23(17)30(29-20)13-16-6-3-4-8-19(16)24/h3-8,11-12,15H,2,9-10,13-14H2,1H3,(H,26,27,28). The third kappa shape index (κ3) is 3.98. The van der Waals surface area contributed by atoms with Crippen LogP contribution in [0, 0.1) is 5.82 Å². The summed E-state index contributed by atoms with van der Waals surface area (Å²) >= 11 is 0. The number of nitrogens with one attached hydrogen (secondary N) is 1. The zero-order chi connectivity index (χ0) is 21.2. The van der Waals surface area contributed by atoms with Crippen molar-refractivity contribution in [2.75, 3.05) is 18.7 Å². The number of fused-ring (bicyclic) bond motifs is 1. The molecular formula is C23H23FN6O. The van der Waals surface area contributed by atoms with E-state index in [-0.39, 0.29) is 12.4 Å². The van der Waals surface area contributed by atoms with Gasteiger partial charge >= 0.3 is 0 Å². The third-order valence-electron chi connectivity index (χ3n) is 5.38. The van der Waals surface area contributed by atoms with E-state index in [1.165, 1.54) is 6.07 Å². The van der Waals surface area contributed by atoms with E-state index in [4.69, 9.17) is 14.8 Å². The molecule has 0 aliphatic heterocycles. The Balaban J connectivity index is 1.55. The molecule has 1 fully saturated rings. The van der Waals surface area contributed by atoms with Crippen molar-refractivity contribution in [2.45, 2.75) is 32.2 Å². The molecule has 0 saturated heterocycles. The summed E-state index contributed by atoms with van der Waals surface area (Å²) in [7, 11) is 0. The number of halogens is 1. The van der Waals surface area contributed by atoms with Crippen LogP contribution in [0.15, 0.2) is 48.8 Å². The van der Waals surface area contributed by atoms with Gasteiger partial charge in [0.15, 0.2) is 11.5 Å². The fourth-order valence-corrected chi connectivity index (χ4v) is 3.63. The lowest BCUT2D eigenvalue weighted by Gasteiger charge is -2.11. The number of hydrogen-bond acceptors (Lipinski definition) is 6. The fourth-order valence-electron chi connectivity index (χ4n) is 3.63. The number of aromatic nitrogens is 5. The number of ether oxygens (including phenoxy) is 1. The predicted octanol–water partition coefficient (Wildman–Crippen LogP) is 4.36. The second kappa shape index (κ2) is 8.39. The first kappa shape index (κ1) is 19.6. The van der Waals surface area contributed by atoms with Crippen LogP contribution in [0.25, 0.3) is 22.6 Å². The lowest BCUT2D eigenvalue weighted by atomic mass is 10.2. The summed E-state index contributed by atoms with van der Waals surface area (Å²) < 4.78 is 21.4. The largest absolute Gasteiger partial charge is 0.362 e. The van der Waals surface area contributed by atoms with E-state index in [0.29, 0.717) is 42.0 Å². The molecule has 0 spiro atoms. The maximum Gasteiger partial charge on any atom is 0.182 e. The van der Waals surface area contributed by atoms with Crippen LogP contribution < -0.4 is 5.32 Å². The van der Waals surface area contributed by atoms with Gasteiger partial charge in [-0.1, -0.05) is 18.2 Å². The molecule has 1 aliphatic carbocycles. The Morgan fingerprint density at radius 2 is 2.03 bits per heavy atom. The average Bonchev–Trinajstić information content (AvgIpc) is 3.58. The van der Waals surface area contributed by atoms with Crippen molar-refractivity contribution >= 4 is 16.9 Å². The van der Waals surface area contributed by atoms with E-state index in [2.05, 4.69) is 15.3 Å². The summed E-state index contributed by atoms with van der Waals surface area (Å²) in [4.78, 5) is 13.9. The van der Waals surface area contributed by atoms with Gasteiger partial charge in [-0.2, -0.15) is 5.10 Å². The lowest BCUT2D eigenvalue weighted by molar-refractivity contribution is 0.166. The fraction of sp³-hybridized carbons (Fsp3) is 0.304. The molecule has 1 aromatic carbocycles. The molecule has 158 valence electrons. The molecule has 1 aliphatic rings. The van der Waals surface area contributed by atoms with Crippen molar-refractivity contribution in [2.24, 2.45) is 0 Å². The zero-order valence-corrected chi connectivity index (χ0v) is 17.3. The van der Waals surface area contributed by atoms with E-state index in [9.17, 15) is 4.39 Å². The summed E-state index contributed by atoms with van der Waals surface area (Å²) in [6.45, 7) is 3.24. The Kier molecular flexibility index (Phi) is 5.30. The van der Waals surface area contributed by atoms with E-state index in [1.807, 2.05) is 31.3 Å². The number of anilines is 1. The monoisotopic (exact) mass is 418 g/mol. The lowest BCUT2D eigenvalue weighted by Crippen LogP contribution is -2.10. The number of rotatable bonds is 8. The van der Waals surface area contributed by atoms with Crippen LogP contribution in [0.1, 0.15) is 36.8 Å². The Labute approximate surface area is 179 Å². The molecule has 0 bridgehead atoms. The van der Waals surface area contributed by atoms with Gasteiger partial charge in [0, 0.05) is 30.1 Å². The maximum absolute atomic E-state index is 14.2. The average molecular weight is 418 g/mol. The van der Waals surface area contributed by atoms with Crippen molar-refractivity contribution in [3.63, 3.8) is 0 Å². The minimum atomic E-state index is -0.268. The van der Waals surface area contributed by atoms with Crippen molar-refractivity contribution in [1.29, 1.82) is 0 Å². The highest BCUT2D eigenvalue weighted by molar-refractivity contribution is 5.89. The van der Waals surface area contributed by atoms with Crippen molar-refractivity contribution in [3.8, 4) is 11.5 Å². The molecule has 3 heterocycles. The van der Waals surface area contributed by atoms with Gasteiger partial charge in [-0.25, -0.2) is 24.0 Å². The number of nitrogens with zero attached hydrogens (tertiary/aromatic N) is 5. The molecule has 4 aromatic rings. The summed E-state index contributed by atoms with van der Waals surface area (Å²) in [5.41, 5.74) is 2.95. The van der Waals surface area contributed by atoms with Crippen LogP contribution in [0.3, 0.4) is 0 Å². The minimum absolute atomic E-state index is 0.268. The SMILES string of the molecule is CCOCNc1nc(-c2nn(Cc3ccccc3F)c3ncccc23)ncc1C1CC1. The molecule has 7 nitrogen and oxygen atoms in total. The highest BCUT2D eigenvalue weighted by Gasteiger charge is 2.28. The Bertz CT molecular complexity index is 1220. The third-order valence-corrected chi connectivity index (χ3v) is 5.38. The second-order valence-electron chi connectivity index (χ2n) is 7.56. The highest BCUT2D eigenvalue weighted by Crippen LogP contribution is 2.43. The van der Waals surface area contributed by atoms with Crippen LogP contribution >= 0.6 is 0 Å². The summed E-state index contributed by atoms with van der Waals surface area (Å²) in [6.07, 6.45) is 5.89. The number of pyridine rings is 1. The first-order valence-electron chi connectivity index (χ1n) is 10.5. The molecule has 3 aromatic heterocycles. The Hall–Kier alpha value is -3.39. The Morgan fingerprint density at radius 3 is 2.84 bits per heavy atom. The van der Waals surface area contributed by atoms with Crippen LogP contribution in [0.5, 0.6) is 0 Å². The second-order valence-corrected chi connectivity index (χ2v) is 7.56. The van der Waals surface area contributed by atoms with Crippen molar-refractivity contribution < 1.29 is 9.13 Å². The number of hydrogen-bond donors (Lipinski definition) is 1. The quantitative estimate of drug-likeness (QED) is 0.338. The van der Waals surface area contributed by atoms with Crippen LogP contribution in [0.2, 0.25) is 0 Å². The van der Waals surface area contributed by atoms with Gasteiger partial charge in [0.05, 0.1) is 11.9 Å². The van der Waals surface area contributed by atoms with E-state index >= 15 is 0 Å². The molecular weight excluding hydrogens is 395 g/mol. The smallest absolute Gasteiger partial charge is 0.182 e. The molecule has 1 saturated carbocycles. The summed E-state index contributed by atoms with van der Waals surface area (Å²) in [5, 5.41) is 8.83. The molecule has 0 atom stereocenters. The van der Waals surface area contributed by atoms with Gasteiger partial charge < -0.3 is 10.1 Å². The zero-order valence-electron chi connectivity index (χ0n) is 17.3. The Morgan fingerprint density at radius 1 is 1.16 bits per heavy atom. The van der Waals surface area contributed by atoms with E-state index in [0.717, 1.165) is 29.6 Å². The van der Waals surface area contributed by atoms with Gasteiger partial charge in [0.2, 0.25) is 0 Å². The van der Waals surface area contributed by atoms with Gasteiger partial charge in [0.1, 0.15) is 24.1 Å². The molecule has 0 amide bonds. The first-order valence-corrected chi connectivity index (χ1v) is 10.5. The van der Waals surface area contributed by atoms with Crippen LogP contribution in [-0.4, -0.2) is 38.1 Å². The topological polar surface area (TPSA) is 77.8 Å². The van der Waals surface area contributed by atoms with Crippen molar-refractivity contribution in [1.82, 2.24) is 24.7 Å². The number of benzene rings is 1. The summed E-state index contributed by atoms with van der Waals surface area (Å²) in [6, 6.07) is 10.5. The van der Waals surface area contributed by atoms with E-state index in [1.54, 1.807) is 23.0 Å². The molecule has 8 heteroatoms. The highest BCUT2D eigenvalue weighted by atomic mass is 19.1. The predicted molar refractivity (Wildman–Crippen MR) is 116 cm³/mol. The molecule has 0 radical (unpaired) electrons. The molecule has 31 heavy (non-hydrogen) atoms. The van der Waals surface area contributed by atoms with Crippen LogP contribution in [0.4, 0.5) is 10.2 Å². The molecule has 5 rings (SSSR count). The molecule has 0 unspecified atom stereocenters. The van der Waals surface area contributed by atoms with Gasteiger partial charge in [0.25, 0.3) is 0 Å². The first-order chi connectivity index (χ1) is 15.2. The maximum atomic E-state index is 14.2. The molecule has 1 N–H and O–H groups in total. The normalized spacial score (nSPS) is 13.6. The van der Waals surface area contributed by atoms with Crippen molar-refractivity contribution in [3.05, 3.63) is 65.7 Å². The van der Waals surface area contributed by atoms with E-state index < -0.39 is 0 Å². The van der Waals surface area contributed by atoms with Gasteiger partial charge in [-0.3, -0.25) is 0 Å². The van der Waals surface area contributed by atoms with Gasteiger partial charge in [-0.15, -0.1) is 0 Å². The van der Waals surface area contributed by atoms with Gasteiger partial charge in [-0.05, 0) is 43.9 Å². The summed E-state index contributed by atoms with van der Waals surface area (Å²) in [5.74, 6) is 1.52. The minimum Gasteiger partial charge on any atom is -0.362 e.